The molecule has 0 aromatic carbocycles. The number of alkyl halides is 1. The van der Waals surface area contributed by atoms with E-state index in [2.05, 4.69) is 10.3 Å². The third-order valence-corrected chi connectivity index (χ3v) is 3.02. The summed E-state index contributed by atoms with van der Waals surface area (Å²) in [5.74, 6) is 0.181. The molecule has 1 amide bonds. The van der Waals surface area contributed by atoms with Gasteiger partial charge in [0.15, 0.2) is 0 Å². The fraction of sp³-hybridized carbons (Fsp3) is 0.556. The van der Waals surface area contributed by atoms with Gasteiger partial charge in [0, 0.05) is 13.0 Å². The van der Waals surface area contributed by atoms with Crippen LogP contribution in [-0.2, 0) is 4.74 Å². The van der Waals surface area contributed by atoms with Gasteiger partial charge in [0.2, 0.25) is 0 Å². The third-order valence-electron chi connectivity index (χ3n) is 1.73. The number of rotatable bonds is 5. The molecule has 1 aromatic heterocycles. The number of carbonyl (C=O) groups is 1. The molecule has 4 nitrogen and oxygen atoms in total. The first kappa shape index (κ1) is 12.4. The lowest BCUT2D eigenvalue weighted by Gasteiger charge is -2.13. The maximum atomic E-state index is 11.6. The molecule has 1 heterocycles. The lowest BCUT2D eigenvalue weighted by atomic mass is 10.3. The molecular weight excluding hydrogens is 236 g/mol. The Morgan fingerprint density at radius 2 is 2.53 bits per heavy atom. The molecule has 0 aliphatic carbocycles. The first-order valence-corrected chi connectivity index (χ1v) is 5.80. The van der Waals surface area contributed by atoms with E-state index in [1.54, 1.807) is 13.3 Å². The van der Waals surface area contributed by atoms with Gasteiger partial charge in [-0.2, -0.15) is 0 Å². The van der Waals surface area contributed by atoms with Crippen molar-refractivity contribution in [2.24, 2.45) is 0 Å². The van der Waals surface area contributed by atoms with Gasteiger partial charge in [-0.15, -0.1) is 22.9 Å². The SMILES string of the molecule is COCC(CCl)NC(=O)c1cnc(C)s1. The van der Waals surface area contributed by atoms with E-state index in [1.165, 1.54) is 11.3 Å². The molecule has 1 rings (SSSR count). The van der Waals surface area contributed by atoms with Gasteiger partial charge in [-0.1, -0.05) is 0 Å². The van der Waals surface area contributed by atoms with Crippen molar-refractivity contribution in [2.45, 2.75) is 13.0 Å². The summed E-state index contributed by atoms with van der Waals surface area (Å²) in [6.45, 7) is 2.27. The highest BCUT2D eigenvalue weighted by atomic mass is 35.5. The van der Waals surface area contributed by atoms with Crippen LogP contribution in [0.1, 0.15) is 14.7 Å². The van der Waals surface area contributed by atoms with Crippen LogP contribution in [0.25, 0.3) is 0 Å². The van der Waals surface area contributed by atoms with E-state index in [9.17, 15) is 4.79 Å². The van der Waals surface area contributed by atoms with E-state index in [0.29, 0.717) is 17.4 Å². The first-order chi connectivity index (χ1) is 7.17. The number of hydrogen-bond donors (Lipinski definition) is 1. The van der Waals surface area contributed by atoms with Crippen molar-refractivity contribution in [3.63, 3.8) is 0 Å². The van der Waals surface area contributed by atoms with Gasteiger partial charge < -0.3 is 10.1 Å². The van der Waals surface area contributed by atoms with Gasteiger partial charge in [-0.25, -0.2) is 4.98 Å². The normalized spacial score (nSPS) is 12.5. The average molecular weight is 249 g/mol. The monoisotopic (exact) mass is 248 g/mol. The third kappa shape index (κ3) is 3.77. The van der Waals surface area contributed by atoms with E-state index in [0.717, 1.165) is 5.01 Å². The standard InChI is InChI=1S/C9H13ClN2O2S/c1-6-11-4-8(15-6)9(13)12-7(3-10)5-14-2/h4,7H,3,5H2,1-2H3,(H,12,13). The van der Waals surface area contributed by atoms with Gasteiger partial charge in [-0.3, -0.25) is 4.79 Å². The Balaban J connectivity index is 2.54. The number of thiazole rings is 1. The minimum absolute atomic E-state index is 0.150. The predicted octanol–water partition coefficient (Wildman–Crippen LogP) is 1.44. The van der Waals surface area contributed by atoms with Crippen LogP contribution in [0.4, 0.5) is 0 Å². The Kier molecular flexibility index (Phi) is 5.01. The van der Waals surface area contributed by atoms with Crippen LogP contribution in [0.5, 0.6) is 0 Å². The van der Waals surface area contributed by atoms with Crippen molar-refractivity contribution in [1.29, 1.82) is 0 Å². The van der Waals surface area contributed by atoms with Gasteiger partial charge in [0.1, 0.15) is 4.88 Å². The molecule has 1 atom stereocenters. The van der Waals surface area contributed by atoms with Crippen molar-refractivity contribution in [3.05, 3.63) is 16.1 Å². The van der Waals surface area contributed by atoms with Crippen LogP contribution in [0, 0.1) is 6.92 Å². The lowest BCUT2D eigenvalue weighted by Crippen LogP contribution is -2.39. The number of ether oxygens (including phenoxy) is 1. The summed E-state index contributed by atoms with van der Waals surface area (Å²) in [5.41, 5.74) is 0. The largest absolute Gasteiger partial charge is 0.383 e. The second-order valence-electron chi connectivity index (χ2n) is 3.02. The molecule has 0 saturated carbocycles. The molecule has 1 aromatic rings. The van der Waals surface area contributed by atoms with Gasteiger partial charge >= 0.3 is 0 Å². The molecule has 0 saturated heterocycles. The van der Waals surface area contributed by atoms with Crippen LogP contribution in [0.2, 0.25) is 0 Å². The van der Waals surface area contributed by atoms with Crippen LogP contribution in [0.15, 0.2) is 6.20 Å². The molecule has 0 bridgehead atoms. The van der Waals surface area contributed by atoms with E-state index in [1.807, 2.05) is 6.92 Å². The predicted molar refractivity (Wildman–Crippen MR) is 60.7 cm³/mol. The van der Waals surface area contributed by atoms with Crippen LogP contribution in [0.3, 0.4) is 0 Å². The molecule has 0 aliphatic heterocycles. The number of hydrogen-bond acceptors (Lipinski definition) is 4. The zero-order valence-corrected chi connectivity index (χ0v) is 10.2. The number of nitrogens with zero attached hydrogens (tertiary/aromatic N) is 1. The Hall–Kier alpha value is -0.650. The Morgan fingerprint density at radius 3 is 3.00 bits per heavy atom. The van der Waals surface area contributed by atoms with Crippen molar-refractivity contribution in [1.82, 2.24) is 10.3 Å². The second kappa shape index (κ2) is 6.05. The highest BCUT2D eigenvalue weighted by molar-refractivity contribution is 7.13. The molecule has 0 fully saturated rings. The summed E-state index contributed by atoms with van der Waals surface area (Å²) in [5, 5.41) is 3.64. The van der Waals surface area contributed by atoms with E-state index in [-0.39, 0.29) is 11.9 Å². The molecule has 0 radical (unpaired) electrons. The van der Waals surface area contributed by atoms with Crippen molar-refractivity contribution in [2.75, 3.05) is 19.6 Å². The smallest absolute Gasteiger partial charge is 0.263 e. The fourth-order valence-electron chi connectivity index (χ4n) is 1.05. The second-order valence-corrected chi connectivity index (χ2v) is 4.57. The van der Waals surface area contributed by atoms with Crippen LogP contribution >= 0.6 is 22.9 Å². The van der Waals surface area contributed by atoms with Gasteiger partial charge in [0.25, 0.3) is 5.91 Å². The zero-order chi connectivity index (χ0) is 11.3. The number of aryl methyl sites for hydroxylation is 1. The number of halogens is 1. The summed E-state index contributed by atoms with van der Waals surface area (Å²) >= 11 is 7.04. The summed E-state index contributed by atoms with van der Waals surface area (Å²) < 4.78 is 4.93. The molecule has 0 aliphatic rings. The minimum Gasteiger partial charge on any atom is -0.383 e. The van der Waals surface area contributed by atoms with Crippen molar-refractivity contribution >= 4 is 28.8 Å². The topological polar surface area (TPSA) is 51.2 Å². The molecule has 6 heteroatoms. The van der Waals surface area contributed by atoms with E-state index >= 15 is 0 Å². The number of methoxy groups -OCH3 is 1. The number of carbonyl (C=O) groups excluding carboxylic acids is 1. The van der Waals surface area contributed by atoms with E-state index in [4.69, 9.17) is 16.3 Å². The Bertz CT molecular complexity index is 330. The minimum atomic E-state index is -0.161. The number of amides is 1. The molecule has 0 spiro atoms. The summed E-state index contributed by atoms with van der Waals surface area (Å²) in [7, 11) is 1.57. The molecule has 84 valence electrons. The van der Waals surface area contributed by atoms with Crippen molar-refractivity contribution in [3.8, 4) is 0 Å². The van der Waals surface area contributed by atoms with Crippen LogP contribution < -0.4 is 5.32 Å². The maximum Gasteiger partial charge on any atom is 0.263 e. The quantitative estimate of drug-likeness (QED) is 0.803. The Labute approximate surface area is 97.6 Å². The van der Waals surface area contributed by atoms with Gasteiger partial charge in [-0.05, 0) is 6.92 Å². The summed E-state index contributed by atoms with van der Waals surface area (Å²) in [6, 6.07) is -0.161. The van der Waals surface area contributed by atoms with Crippen molar-refractivity contribution < 1.29 is 9.53 Å². The summed E-state index contributed by atoms with van der Waals surface area (Å²) in [4.78, 5) is 16.3. The molecule has 15 heavy (non-hydrogen) atoms. The molecule has 1 unspecified atom stereocenters. The van der Waals surface area contributed by atoms with Gasteiger partial charge in [0.05, 0.1) is 23.9 Å². The maximum absolute atomic E-state index is 11.6. The lowest BCUT2D eigenvalue weighted by molar-refractivity contribution is 0.0910. The highest BCUT2D eigenvalue weighted by Crippen LogP contribution is 2.11. The highest BCUT2D eigenvalue weighted by Gasteiger charge is 2.14. The molecule has 1 N–H and O–H groups in total. The zero-order valence-electron chi connectivity index (χ0n) is 8.62. The fourth-order valence-corrected chi connectivity index (χ4v) is 1.90. The number of aromatic nitrogens is 1. The summed E-state index contributed by atoms with van der Waals surface area (Å²) in [6.07, 6.45) is 1.56. The first-order valence-electron chi connectivity index (χ1n) is 4.45. The number of nitrogens with one attached hydrogen (secondary N) is 1. The van der Waals surface area contributed by atoms with E-state index < -0.39 is 0 Å². The Morgan fingerprint density at radius 1 is 1.80 bits per heavy atom. The van der Waals surface area contributed by atoms with Crippen LogP contribution in [-0.4, -0.2) is 36.5 Å². The molecular formula is C9H13ClN2O2S. The average Bonchev–Trinajstić information content (AvgIpc) is 2.64.